The van der Waals surface area contributed by atoms with Gasteiger partial charge in [0.15, 0.2) is 0 Å². The smallest absolute Gasteiger partial charge is 0.339 e. The summed E-state index contributed by atoms with van der Waals surface area (Å²) in [6.07, 6.45) is 0.798. The lowest BCUT2D eigenvalue weighted by Crippen LogP contribution is -2.16. The Hall–Kier alpha value is -1.06. The maximum atomic E-state index is 11.5. The minimum atomic E-state index is -0.186. The van der Waals surface area contributed by atoms with E-state index in [1.807, 2.05) is 38.4 Å². The fourth-order valence-corrected chi connectivity index (χ4v) is 1.81. The van der Waals surface area contributed by atoms with Crippen LogP contribution in [0.1, 0.15) is 28.4 Å². The lowest BCUT2D eigenvalue weighted by molar-refractivity contribution is 0.0355. The Kier molecular flexibility index (Phi) is 4.33. The minimum absolute atomic E-state index is 0. The molecular formula is C12H16ClNO2. The molecule has 1 heterocycles. The lowest BCUT2D eigenvalue weighted by atomic mass is 10.0. The van der Waals surface area contributed by atoms with Crippen LogP contribution in [0.25, 0.3) is 0 Å². The second-order valence-electron chi connectivity index (χ2n) is 4.07. The van der Waals surface area contributed by atoms with Crippen molar-refractivity contribution in [2.75, 3.05) is 20.6 Å². The summed E-state index contributed by atoms with van der Waals surface area (Å²) in [6, 6.07) is 7.62. The summed E-state index contributed by atoms with van der Waals surface area (Å²) < 4.78 is 5.32. The first kappa shape index (κ1) is 13.0. The van der Waals surface area contributed by atoms with Crippen LogP contribution in [0.2, 0.25) is 0 Å². The van der Waals surface area contributed by atoms with E-state index < -0.39 is 0 Å². The average Bonchev–Trinajstić information content (AvgIpc) is 2.54. The SMILES string of the molecule is CN(C)CCC1OC(=O)c2ccccc21.Cl. The van der Waals surface area contributed by atoms with E-state index in [0.29, 0.717) is 0 Å². The predicted octanol–water partition coefficient (Wildman–Crippen LogP) is 2.27. The second kappa shape index (κ2) is 5.32. The van der Waals surface area contributed by atoms with E-state index >= 15 is 0 Å². The maximum Gasteiger partial charge on any atom is 0.339 e. The number of halogens is 1. The van der Waals surface area contributed by atoms with Crippen LogP contribution in [0.4, 0.5) is 0 Å². The summed E-state index contributed by atoms with van der Waals surface area (Å²) in [4.78, 5) is 13.6. The standard InChI is InChI=1S/C12H15NO2.ClH/c1-13(2)8-7-11-9-5-3-4-6-10(9)12(14)15-11;/h3-6,11H,7-8H2,1-2H3;1H. The number of hydrogen-bond donors (Lipinski definition) is 0. The monoisotopic (exact) mass is 241 g/mol. The van der Waals surface area contributed by atoms with Crippen LogP contribution in [-0.4, -0.2) is 31.5 Å². The van der Waals surface area contributed by atoms with Gasteiger partial charge in [0.1, 0.15) is 6.10 Å². The van der Waals surface area contributed by atoms with Crippen LogP contribution in [0.5, 0.6) is 0 Å². The molecule has 1 aromatic rings. The number of rotatable bonds is 3. The third-order valence-corrected chi connectivity index (χ3v) is 2.62. The molecule has 4 heteroatoms. The van der Waals surface area contributed by atoms with Gasteiger partial charge in [-0.3, -0.25) is 0 Å². The Bertz CT molecular complexity index is 379. The van der Waals surface area contributed by atoms with Crippen LogP contribution in [0.15, 0.2) is 24.3 Å². The molecule has 2 rings (SSSR count). The molecule has 0 aliphatic carbocycles. The molecular weight excluding hydrogens is 226 g/mol. The molecule has 0 saturated heterocycles. The Morgan fingerprint density at radius 1 is 1.31 bits per heavy atom. The topological polar surface area (TPSA) is 29.5 Å². The van der Waals surface area contributed by atoms with E-state index in [2.05, 4.69) is 4.90 Å². The van der Waals surface area contributed by atoms with Gasteiger partial charge in [-0.1, -0.05) is 18.2 Å². The Labute approximate surface area is 102 Å². The van der Waals surface area contributed by atoms with Crippen molar-refractivity contribution in [1.29, 1.82) is 0 Å². The normalized spacial score (nSPS) is 17.9. The van der Waals surface area contributed by atoms with Crippen molar-refractivity contribution in [3.05, 3.63) is 35.4 Å². The molecule has 0 N–H and O–H groups in total. The van der Waals surface area contributed by atoms with Gasteiger partial charge >= 0.3 is 5.97 Å². The first-order chi connectivity index (χ1) is 7.18. The first-order valence-electron chi connectivity index (χ1n) is 5.13. The minimum Gasteiger partial charge on any atom is -0.454 e. The Balaban J connectivity index is 0.00000128. The van der Waals surface area contributed by atoms with Crippen molar-refractivity contribution in [3.8, 4) is 0 Å². The van der Waals surface area contributed by atoms with Crippen molar-refractivity contribution in [3.63, 3.8) is 0 Å². The number of benzene rings is 1. The predicted molar refractivity (Wildman–Crippen MR) is 65.0 cm³/mol. The van der Waals surface area contributed by atoms with Crippen molar-refractivity contribution >= 4 is 18.4 Å². The molecule has 0 fully saturated rings. The van der Waals surface area contributed by atoms with E-state index in [4.69, 9.17) is 4.74 Å². The summed E-state index contributed by atoms with van der Waals surface area (Å²) in [7, 11) is 4.03. The van der Waals surface area contributed by atoms with E-state index in [1.54, 1.807) is 0 Å². The third kappa shape index (κ3) is 2.54. The summed E-state index contributed by atoms with van der Waals surface area (Å²) in [5, 5.41) is 0. The molecule has 16 heavy (non-hydrogen) atoms. The van der Waals surface area contributed by atoms with Gasteiger partial charge < -0.3 is 9.64 Å². The third-order valence-electron chi connectivity index (χ3n) is 2.62. The fraction of sp³-hybridized carbons (Fsp3) is 0.417. The molecule has 1 aliphatic heterocycles. The average molecular weight is 242 g/mol. The zero-order valence-electron chi connectivity index (χ0n) is 9.47. The second-order valence-corrected chi connectivity index (χ2v) is 4.07. The molecule has 1 aromatic carbocycles. The molecule has 0 aromatic heterocycles. The van der Waals surface area contributed by atoms with Gasteiger partial charge in [0, 0.05) is 18.5 Å². The van der Waals surface area contributed by atoms with Gasteiger partial charge in [0.2, 0.25) is 0 Å². The van der Waals surface area contributed by atoms with Crippen LogP contribution < -0.4 is 0 Å². The highest BCUT2D eigenvalue weighted by atomic mass is 35.5. The van der Waals surface area contributed by atoms with Crippen molar-refractivity contribution in [2.45, 2.75) is 12.5 Å². The summed E-state index contributed by atoms with van der Waals surface area (Å²) in [6.45, 7) is 0.923. The highest BCUT2D eigenvalue weighted by molar-refractivity contribution is 5.93. The van der Waals surface area contributed by atoms with Crippen molar-refractivity contribution in [1.82, 2.24) is 4.90 Å². The Morgan fingerprint density at radius 3 is 2.69 bits per heavy atom. The molecule has 1 atom stereocenters. The molecule has 0 spiro atoms. The quantitative estimate of drug-likeness (QED) is 0.761. The highest BCUT2D eigenvalue weighted by Gasteiger charge is 2.29. The molecule has 88 valence electrons. The summed E-state index contributed by atoms with van der Waals surface area (Å²) >= 11 is 0. The van der Waals surface area contributed by atoms with Crippen LogP contribution in [-0.2, 0) is 4.74 Å². The van der Waals surface area contributed by atoms with Crippen LogP contribution in [0, 0.1) is 0 Å². The van der Waals surface area contributed by atoms with E-state index in [1.165, 1.54) is 0 Å². The van der Waals surface area contributed by atoms with Gasteiger partial charge in [-0.05, 0) is 20.2 Å². The molecule has 1 unspecified atom stereocenters. The zero-order chi connectivity index (χ0) is 10.8. The summed E-state index contributed by atoms with van der Waals surface area (Å²) in [5.41, 5.74) is 1.76. The molecule has 0 saturated carbocycles. The number of carbonyl (C=O) groups is 1. The highest BCUT2D eigenvalue weighted by Crippen LogP contribution is 2.32. The van der Waals surface area contributed by atoms with Crippen LogP contribution >= 0.6 is 12.4 Å². The molecule has 0 radical (unpaired) electrons. The molecule has 1 aliphatic rings. The number of carbonyl (C=O) groups excluding carboxylic acids is 1. The van der Waals surface area contributed by atoms with Crippen molar-refractivity contribution < 1.29 is 9.53 Å². The molecule has 3 nitrogen and oxygen atoms in total. The number of nitrogens with zero attached hydrogens (tertiary/aromatic N) is 1. The van der Waals surface area contributed by atoms with Gasteiger partial charge in [-0.2, -0.15) is 0 Å². The van der Waals surface area contributed by atoms with Gasteiger partial charge in [-0.25, -0.2) is 4.79 Å². The number of hydrogen-bond acceptors (Lipinski definition) is 3. The largest absolute Gasteiger partial charge is 0.454 e. The maximum absolute atomic E-state index is 11.5. The zero-order valence-corrected chi connectivity index (χ0v) is 10.3. The first-order valence-corrected chi connectivity index (χ1v) is 5.13. The molecule has 0 bridgehead atoms. The van der Waals surface area contributed by atoms with E-state index in [9.17, 15) is 4.79 Å². The van der Waals surface area contributed by atoms with Crippen LogP contribution in [0.3, 0.4) is 0 Å². The van der Waals surface area contributed by atoms with Gasteiger partial charge in [0.05, 0.1) is 5.56 Å². The summed E-state index contributed by atoms with van der Waals surface area (Å²) in [5.74, 6) is -0.186. The van der Waals surface area contributed by atoms with E-state index in [0.717, 1.165) is 24.1 Å². The van der Waals surface area contributed by atoms with E-state index in [-0.39, 0.29) is 24.5 Å². The fourth-order valence-electron chi connectivity index (χ4n) is 1.81. The lowest BCUT2D eigenvalue weighted by Gasteiger charge is -2.14. The van der Waals surface area contributed by atoms with Gasteiger partial charge in [0.25, 0.3) is 0 Å². The van der Waals surface area contributed by atoms with Gasteiger partial charge in [-0.15, -0.1) is 12.4 Å². The van der Waals surface area contributed by atoms with Crippen molar-refractivity contribution in [2.24, 2.45) is 0 Å². The number of fused-ring (bicyclic) bond motifs is 1. The number of cyclic esters (lactones) is 1. The Morgan fingerprint density at radius 2 is 2.00 bits per heavy atom. The number of ether oxygens (including phenoxy) is 1. The molecule has 0 amide bonds. The number of esters is 1.